The Balaban J connectivity index is 2.30. The van der Waals surface area contributed by atoms with Gasteiger partial charge in [-0.1, -0.05) is 6.07 Å². The highest BCUT2D eigenvalue weighted by Crippen LogP contribution is 2.37. The molecular weight excluding hydrogens is 462 g/mol. The van der Waals surface area contributed by atoms with Gasteiger partial charge in [0, 0.05) is 17.8 Å². The molecule has 0 spiro atoms. The monoisotopic (exact) mass is 475 g/mol. The Labute approximate surface area is 178 Å². The topological polar surface area (TPSA) is 152 Å². The Kier molecular flexibility index (Phi) is 7.49. The number of ether oxygens (including phenoxy) is 2. The third-order valence-electron chi connectivity index (χ3n) is 3.58. The Morgan fingerprint density at radius 2 is 2.10 bits per heavy atom. The van der Waals surface area contributed by atoms with Crippen LogP contribution in [0.1, 0.15) is 5.56 Å². The predicted octanol–water partition coefficient (Wildman–Crippen LogP) is 3.37. The van der Waals surface area contributed by atoms with Crippen LogP contribution in [0.2, 0.25) is 0 Å². The number of amides is 1. The van der Waals surface area contributed by atoms with E-state index in [9.17, 15) is 25.0 Å². The zero-order valence-electron chi connectivity index (χ0n) is 15.4. The molecule has 0 atom stereocenters. The van der Waals surface area contributed by atoms with E-state index < -0.39 is 23.4 Å². The van der Waals surface area contributed by atoms with E-state index in [1.54, 1.807) is 6.07 Å². The van der Waals surface area contributed by atoms with Crippen LogP contribution in [0.4, 0.5) is 11.4 Å². The van der Waals surface area contributed by atoms with Crippen molar-refractivity contribution in [3.63, 3.8) is 0 Å². The molecular formula is C19H14BrN3O7. The summed E-state index contributed by atoms with van der Waals surface area (Å²) in [5.41, 5.74) is 0.0780. The lowest BCUT2D eigenvalue weighted by Crippen LogP contribution is -2.13. The molecule has 0 aliphatic carbocycles. The Morgan fingerprint density at radius 1 is 1.37 bits per heavy atom. The van der Waals surface area contributed by atoms with Gasteiger partial charge in [0.2, 0.25) is 0 Å². The van der Waals surface area contributed by atoms with Crippen molar-refractivity contribution in [3.8, 4) is 17.6 Å². The molecule has 30 heavy (non-hydrogen) atoms. The molecule has 0 heterocycles. The van der Waals surface area contributed by atoms with Crippen LogP contribution >= 0.6 is 15.9 Å². The molecule has 0 bridgehead atoms. The summed E-state index contributed by atoms with van der Waals surface area (Å²) in [5.74, 6) is -1.60. The lowest BCUT2D eigenvalue weighted by molar-refractivity contribution is -0.384. The van der Waals surface area contributed by atoms with Gasteiger partial charge in [0.25, 0.3) is 11.6 Å². The average Bonchev–Trinajstić information content (AvgIpc) is 2.70. The van der Waals surface area contributed by atoms with E-state index in [4.69, 9.17) is 14.6 Å². The fourth-order valence-electron chi connectivity index (χ4n) is 2.31. The number of nitrogens with one attached hydrogen (secondary N) is 1. The number of carboxylic acid groups (broad SMARTS) is 1. The number of methoxy groups -OCH3 is 1. The number of carbonyl (C=O) groups excluding carboxylic acids is 1. The van der Waals surface area contributed by atoms with Gasteiger partial charge in [0.15, 0.2) is 18.1 Å². The highest BCUT2D eigenvalue weighted by molar-refractivity contribution is 9.10. The number of nitriles is 1. The molecule has 2 aromatic rings. The average molecular weight is 476 g/mol. The maximum atomic E-state index is 12.4. The van der Waals surface area contributed by atoms with Gasteiger partial charge in [-0.25, -0.2) is 4.79 Å². The van der Waals surface area contributed by atoms with Crippen LogP contribution < -0.4 is 14.8 Å². The number of nitro benzene ring substituents is 1. The number of non-ortho nitro benzene ring substituents is 1. The fourth-order valence-corrected chi connectivity index (χ4v) is 2.88. The van der Waals surface area contributed by atoms with E-state index >= 15 is 0 Å². The summed E-state index contributed by atoms with van der Waals surface area (Å²) >= 11 is 3.24. The van der Waals surface area contributed by atoms with Crippen molar-refractivity contribution in [2.24, 2.45) is 0 Å². The van der Waals surface area contributed by atoms with Crippen LogP contribution in [0.15, 0.2) is 46.4 Å². The molecule has 2 N–H and O–H groups in total. The maximum Gasteiger partial charge on any atom is 0.341 e. The summed E-state index contributed by atoms with van der Waals surface area (Å²) in [6.45, 7) is -0.584. The number of nitrogens with zero attached hydrogens (tertiary/aromatic N) is 2. The molecule has 1 amide bonds. The number of hydrogen-bond acceptors (Lipinski definition) is 7. The lowest BCUT2D eigenvalue weighted by Gasteiger charge is -2.12. The van der Waals surface area contributed by atoms with Gasteiger partial charge in [-0.15, -0.1) is 0 Å². The molecule has 0 aromatic heterocycles. The number of hydrogen-bond donors (Lipinski definition) is 2. The van der Waals surface area contributed by atoms with E-state index in [0.29, 0.717) is 10.0 Å². The lowest BCUT2D eigenvalue weighted by atomic mass is 10.1. The molecule has 0 unspecified atom stereocenters. The van der Waals surface area contributed by atoms with Gasteiger partial charge in [-0.2, -0.15) is 5.26 Å². The van der Waals surface area contributed by atoms with Crippen LogP contribution in [0.5, 0.6) is 11.5 Å². The second kappa shape index (κ2) is 10.0. The molecule has 0 aliphatic heterocycles. The van der Waals surface area contributed by atoms with Gasteiger partial charge >= 0.3 is 5.97 Å². The maximum absolute atomic E-state index is 12.4. The standard InChI is InChI=1S/C19H14BrN3O7/c1-29-16-7-11(6-15(20)18(16)30-10-17(24)25)5-12(9-21)19(26)22-13-3-2-4-14(8-13)23(27)28/h2-8H,10H2,1H3,(H,22,26)(H,24,25)/b12-5+. The molecule has 0 radical (unpaired) electrons. The third kappa shape index (κ3) is 5.79. The van der Waals surface area contributed by atoms with Gasteiger partial charge in [0.1, 0.15) is 11.6 Å². The molecule has 0 saturated heterocycles. The van der Waals surface area contributed by atoms with Crippen molar-refractivity contribution in [2.75, 3.05) is 19.0 Å². The minimum absolute atomic E-state index is 0.150. The van der Waals surface area contributed by atoms with Crippen molar-refractivity contribution in [1.29, 1.82) is 5.26 Å². The van der Waals surface area contributed by atoms with Gasteiger partial charge in [-0.05, 0) is 45.8 Å². The normalized spacial score (nSPS) is 10.6. The first kappa shape index (κ1) is 22.4. The van der Waals surface area contributed by atoms with E-state index in [-0.39, 0.29) is 28.4 Å². The number of benzene rings is 2. The second-order valence-corrected chi connectivity index (χ2v) is 6.50. The smallest absolute Gasteiger partial charge is 0.341 e. The van der Waals surface area contributed by atoms with Crippen LogP contribution in [-0.2, 0) is 9.59 Å². The number of carbonyl (C=O) groups is 2. The van der Waals surface area contributed by atoms with Crippen molar-refractivity contribution in [2.45, 2.75) is 0 Å². The first-order valence-electron chi connectivity index (χ1n) is 8.15. The highest BCUT2D eigenvalue weighted by atomic mass is 79.9. The fraction of sp³-hybridized carbons (Fsp3) is 0.105. The minimum Gasteiger partial charge on any atom is -0.493 e. The van der Waals surface area contributed by atoms with E-state index in [1.165, 1.54) is 49.6 Å². The van der Waals surface area contributed by atoms with Crippen LogP contribution in [0, 0.1) is 21.4 Å². The van der Waals surface area contributed by atoms with Crippen LogP contribution in [-0.4, -0.2) is 35.6 Å². The Hall–Kier alpha value is -3.91. The first-order chi connectivity index (χ1) is 14.2. The molecule has 2 rings (SSSR count). The Bertz CT molecular complexity index is 1080. The SMILES string of the molecule is COc1cc(/C=C(\C#N)C(=O)Nc2cccc([N+](=O)[O-])c2)cc(Br)c1OCC(=O)O. The van der Waals surface area contributed by atoms with E-state index in [0.717, 1.165) is 0 Å². The second-order valence-electron chi connectivity index (χ2n) is 5.65. The van der Waals surface area contributed by atoms with Crippen molar-refractivity contribution < 1.29 is 29.1 Å². The molecule has 0 saturated carbocycles. The van der Waals surface area contributed by atoms with Crippen molar-refractivity contribution in [1.82, 2.24) is 0 Å². The van der Waals surface area contributed by atoms with Crippen molar-refractivity contribution in [3.05, 3.63) is 62.1 Å². The van der Waals surface area contributed by atoms with Gasteiger partial charge in [-0.3, -0.25) is 14.9 Å². The predicted molar refractivity (Wildman–Crippen MR) is 109 cm³/mol. The summed E-state index contributed by atoms with van der Waals surface area (Å²) in [4.78, 5) is 33.4. The summed E-state index contributed by atoms with van der Waals surface area (Å²) in [6.07, 6.45) is 1.28. The number of carboxylic acids is 1. The molecule has 154 valence electrons. The highest BCUT2D eigenvalue weighted by Gasteiger charge is 2.15. The van der Waals surface area contributed by atoms with Gasteiger partial charge in [0.05, 0.1) is 16.5 Å². The molecule has 10 nitrogen and oxygen atoms in total. The van der Waals surface area contributed by atoms with E-state index in [2.05, 4.69) is 21.2 Å². The minimum atomic E-state index is -1.17. The van der Waals surface area contributed by atoms with Crippen LogP contribution in [0.3, 0.4) is 0 Å². The molecule has 0 aliphatic rings. The van der Waals surface area contributed by atoms with E-state index in [1.807, 2.05) is 0 Å². The summed E-state index contributed by atoms with van der Waals surface area (Å²) in [7, 11) is 1.35. The summed E-state index contributed by atoms with van der Waals surface area (Å²) in [6, 6.07) is 10.0. The van der Waals surface area contributed by atoms with Crippen LogP contribution in [0.25, 0.3) is 6.08 Å². The number of anilines is 1. The molecule has 11 heteroatoms. The largest absolute Gasteiger partial charge is 0.493 e. The number of nitro groups is 1. The summed E-state index contributed by atoms with van der Waals surface area (Å²) in [5, 5.41) is 31.4. The zero-order valence-corrected chi connectivity index (χ0v) is 17.0. The first-order valence-corrected chi connectivity index (χ1v) is 8.94. The molecule has 2 aromatic carbocycles. The summed E-state index contributed by atoms with van der Waals surface area (Å²) < 4.78 is 10.7. The number of aliphatic carboxylic acids is 1. The zero-order chi connectivity index (χ0) is 22.3. The third-order valence-corrected chi connectivity index (χ3v) is 4.17. The van der Waals surface area contributed by atoms with Gasteiger partial charge < -0.3 is 19.9 Å². The Morgan fingerprint density at radius 3 is 2.70 bits per heavy atom. The van der Waals surface area contributed by atoms with Crippen molar-refractivity contribution >= 4 is 45.3 Å². The molecule has 0 fully saturated rings. The number of rotatable bonds is 8. The number of halogens is 1. The quantitative estimate of drug-likeness (QED) is 0.255.